The van der Waals surface area contributed by atoms with Crippen LogP contribution in [0.4, 0.5) is 4.79 Å². The number of urea groups is 1. The molecule has 4 heteroatoms. The first kappa shape index (κ1) is 7.58. The fourth-order valence-corrected chi connectivity index (χ4v) is 1.92. The van der Waals surface area contributed by atoms with E-state index in [9.17, 15) is 9.59 Å². The summed E-state index contributed by atoms with van der Waals surface area (Å²) in [5, 5.41) is 4.97. The lowest BCUT2D eigenvalue weighted by atomic mass is 9.66. The first-order valence-electron chi connectivity index (χ1n) is 4.28. The first-order chi connectivity index (χ1) is 5.70. The van der Waals surface area contributed by atoms with E-state index in [2.05, 4.69) is 10.6 Å². The van der Waals surface area contributed by atoms with Crippen molar-refractivity contribution in [1.82, 2.24) is 10.6 Å². The van der Waals surface area contributed by atoms with E-state index in [1.54, 1.807) is 0 Å². The van der Waals surface area contributed by atoms with Gasteiger partial charge in [-0.3, -0.25) is 10.1 Å². The van der Waals surface area contributed by atoms with E-state index in [4.69, 9.17) is 0 Å². The zero-order chi connectivity index (χ0) is 8.60. The lowest BCUT2D eigenvalue weighted by Gasteiger charge is -2.39. The number of amides is 3. The lowest BCUT2D eigenvalue weighted by molar-refractivity contribution is -0.123. The minimum absolute atomic E-state index is 0.0935. The molecule has 66 valence electrons. The summed E-state index contributed by atoms with van der Waals surface area (Å²) in [4.78, 5) is 22.0. The van der Waals surface area contributed by atoms with Crippen molar-refractivity contribution in [3.63, 3.8) is 0 Å². The van der Waals surface area contributed by atoms with Gasteiger partial charge in [0.1, 0.15) is 0 Å². The molecule has 0 unspecified atom stereocenters. The van der Waals surface area contributed by atoms with E-state index in [1.807, 2.05) is 0 Å². The topological polar surface area (TPSA) is 58.2 Å². The van der Waals surface area contributed by atoms with Gasteiger partial charge in [0.05, 0.1) is 0 Å². The highest BCUT2D eigenvalue weighted by molar-refractivity contribution is 5.95. The van der Waals surface area contributed by atoms with Gasteiger partial charge in [-0.05, 0) is 18.3 Å². The molecule has 12 heavy (non-hydrogen) atoms. The Hall–Kier alpha value is -1.06. The second-order valence-electron chi connectivity index (χ2n) is 3.76. The number of imide groups is 1. The lowest BCUT2D eigenvalue weighted by Crippen LogP contribution is -2.40. The molecular weight excluding hydrogens is 156 g/mol. The molecule has 0 aromatic rings. The largest absolute Gasteiger partial charge is 0.337 e. The smallest absolute Gasteiger partial charge is 0.321 e. The number of rotatable bonds is 0. The quantitative estimate of drug-likeness (QED) is 0.549. The third-order valence-corrected chi connectivity index (χ3v) is 2.83. The number of nitrogens with one attached hydrogen (secondary N) is 2. The van der Waals surface area contributed by atoms with Crippen LogP contribution in [0, 0.1) is 5.41 Å². The fourth-order valence-electron chi connectivity index (χ4n) is 1.92. The molecule has 2 rings (SSSR count). The van der Waals surface area contributed by atoms with E-state index in [-0.39, 0.29) is 17.4 Å². The molecule has 1 heterocycles. The number of hydrogen-bond donors (Lipinski definition) is 2. The molecule has 1 saturated carbocycles. The molecular formula is C8H12N2O2. The molecule has 0 atom stereocenters. The molecule has 1 spiro atoms. The van der Waals surface area contributed by atoms with Crippen LogP contribution in [-0.4, -0.2) is 18.5 Å². The van der Waals surface area contributed by atoms with Gasteiger partial charge in [0.25, 0.3) is 0 Å². The molecule has 2 fully saturated rings. The third-order valence-electron chi connectivity index (χ3n) is 2.83. The van der Waals surface area contributed by atoms with Gasteiger partial charge >= 0.3 is 6.03 Å². The van der Waals surface area contributed by atoms with Crippen molar-refractivity contribution in [3.05, 3.63) is 0 Å². The Morgan fingerprint density at radius 1 is 1.25 bits per heavy atom. The second-order valence-corrected chi connectivity index (χ2v) is 3.76. The molecule has 1 aliphatic carbocycles. The van der Waals surface area contributed by atoms with Crippen molar-refractivity contribution in [2.24, 2.45) is 5.41 Å². The number of hydrogen-bond acceptors (Lipinski definition) is 2. The number of carbonyl (C=O) groups excluding carboxylic acids is 2. The molecule has 3 amide bonds. The summed E-state index contributed by atoms with van der Waals surface area (Å²) in [6.45, 7) is 0.657. The Balaban J connectivity index is 2.09. The average molecular weight is 168 g/mol. The minimum atomic E-state index is -0.344. The Labute approximate surface area is 70.7 Å². The van der Waals surface area contributed by atoms with Crippen LogP contribution < -0.4 is 10.6 Å². The summed E-state index contributed by atoms with van der Waals surface area (Å²) in [6.07, 6.45) is 3.83. The Morgan fingerprint density at radius 2 is 2.00 bits per heavy atom. The van der Waals surface area contributed by atoms with Crippen LogP contribution >= 0.6 is 0 Å². The minimum Gasteiger partial charge on any atom is -0.337 e. The van der Waals surface area contributed by atoms with Crippen LogP contribution in [0.25, 0.3) is 0 Å². The van der Waals surface area contributed by atoms with Crippen LogP contribution in [-0.2, 0) is 4.79 Å². The van der Waals surface area contributed by atoms with Gasteiger partial charge in [-0.1, -0.05) is 6.42 Å². The molecule has 2 aliphatic rings. The predicted octanol–water partition coefficient (Wildman–Crippen LogP) is 0.386. The first-order valence-corrected chi connectivity index (χ1v) is 4.28. The molecule has 0 radical (unpaired) electrons. The van der Waals surface area contributed by atoms with Crippen LogP contribution in [0.3, 0.4) is 0 Å². The Kier molecular flexibility index (Phi) is 1.56. The second kappa shape index (κ2) is 2.47. The summed E-state index contributed by atoms with van der Waals surface area (Å²) in [6, 6.07) is -0.344. The maximum Gasteiger partial charge on any atom is 0.321 e. The van der Waals surface area contributed by atoms with Crippen molar-refractivity contribution < 1.29 is 9.59 Å². The standard InChI is InChI=1S/C8H12N2O2/c11-6-4-8(2-1-3-8)5-9-7(12)10-6/h1-5H2,(H2,9,10,11,12). The summed E-state index contributed by atoms with van der Waals surface area (Å²) in [7, 11) is 0. The maximum absolute atomic E-state index is 11.1. The van der Waals surface area contributed by atoms with Gasteiger partial charge < -0.3 is 5.32 Å². The van der Waals surface area contributed by atoms with Gasteiger partial charge in [-0.15, -0.1) is 0 Å². The molecule has 2 N–H and O–H groups in total. The normalized spacial score (nSPS) is 27.0. The maximum atomic E-state index is 11.1. The van der Waals surface area contributed by atoms with Crippen molar-refractivity contribution in [1.29, 1.82) is 0 Å². The summed E-state index contributed by atoms with van der Waals surface area (Å²) in [5.41, 5.74) is 0.0935. The Morgan fingerprint density at radius 3 is 2.58 bits per heavy atom. The zero-order valence-electron chi connectivity index (χ0n) is 6.85. The summed E-state index contributed by atoms with van der Waals surface area (Å²) >= 11 is 0. The molecule has 0 aromatic carbocycles. The van der Waals surface area contributed by atoms with Gasteiger partial charge in [0, 0.05) is 13.0 Å². The molecule has 1 aliphatic heterocycles. The van der Waals surface area contributed by atoms with Gasteiger partial charge in [-0.2, -0.15) is 0 Å². The van der Waals surface area contributed by atoms with E-state index in [1.165, 1.54) is 6.42 Å². The monoisotopic (exact) mass is 168 g/mol. The van der Waals surface area contributed by atoms with Crippen LogP contribution in [0.15, 0.2) is 0 Å². The fraction of sp³-hybridized carbons (Fsp3) is 0.750. The molecule has 0 aromatic heterocycles. The van der Waals surface area contributed by atoms with Crippen molar-refractivity contribution >= 4 is 11.9 Å². The van der Waals surface area contributed by atoms with Crippen molar-refractivity contribution in [2.75, 3.05) is 6.54 Å². The van der Waals surface area contributed by atoms with Gasteiger partial charge in [0.15, 0.2) is 0 Å². The highest BCUT2D eigenvalue weighted by Gasteiger charge is 2.40. The summed E-state index contributed by atoms with van der Waals surface area (Å²) < 4.78 is 0. The highest BCUT2D eigenvalue weighted by Crippen LogP contribution is 2.43. The van der Waals surface area contributed by atoms with E-state index < -0.39 is 0 Å². The summed E-state index contributed by atoms with van der Waals surface area (Å²) in [5.74, 6) is -0.135. The van der Waals surface area contributed by atoms with Gasteiger partial charge in [0.2, 0.25) is 5.91 Å². The van der Waals surface area contributed by atoms with Crippen LogP contribution in [0.1, 0.15) is 25.7 Å². The predicted molar refractivity (Wildman–Crippen MR) is 42.4 cm³/mol. The van der Waals surface area contributed by atoms with E-state index >= 15 is 0 Å². The molecule has 4 nitrogen and oxygen atoms in total. The van der Waals surface area contributed by atoms with Crippen LogP contribution in [0.5, 0.6) is 0 Å². The highest BCUT2D eigenvalue weighted by atomic mass is 16.2. The van der Waals surface area contributed by atoms with E-state index in [0.717, 1.165) is 12.8 Å². The van der Waals surface area contributed by atoms with E-state index in [0.29, 0.717) is 13.0 Å². The van der Waals surface area contributed by atoms with Crippen LogP contribution in [0.2, 0.25) is 0 Å². The SMILES string of the molecule is O=C1CC2(CCC2)CNC(=O)N1. The number of carbonyl (C=O) groups is 2. The molecule has 0 bridgehead atoms. The van der Waals surface area contributed by atoms with Crippen molar-refractivity contribution in [2.45, 2.75) is 25.7 Å². The van der Waals surface area contributed by atoms with Gasteiger partial charge in [-0.25, -0.2) is 4.79 Å². The van der Waals surface area contributed by atoms with Crippen molar-refractivity contribution in [3.8, 4) is 0 Å². The average Bonchev–Trinajstić information content (AvgIpc) is 2.07. The third kappa shape index (κ3) is 1.17. The zero-order valence-corrected chi connectivity index (χ0v) is 6.85. The Bertz CT molecular complexity index is 233. The molecule has 1 saturated heterocycles.